The van der Waals surface area contributed by atoms with Crippen molar-refractivity contribution in [3.63, 3.8) is 0 Å². The molecular formula is C29H51BBr2NO10P3S2. The largest absolute Gasteiger partial charge is 0.464 e. The van der Waals surface area contributed by atoms with Gasteiger partial charge in [0.2, 0.25) is 0 Å². The first-order valence-corrected chi connectivity index (χ1v) is 21.4. The molecule has 0 spiro atoms. The normalized spacial score (nSPS) is 16.2. The molecule has 1 heterocycles. The van der Waals surface area contributed by atoms with Gasteiger partial charge in [-0.15, -0.1) is 14.3 Å². The van der Waals surface area contributed by atoms with Gasteiger partial charge in [0.1, 0.15) is 27.5 Å². The molecule has 0 aromatic carbocycles. The van der Waals surface area contributed by atoms with Gasteiger partial charge in [0.15, 0.2) is 6.15 Å². The van der Waals surface area contributed by atoms with Crippen molar-refractivity contribution < 1.29 is 47.8 Å². The summed E-state index contributed by atoms with van der Waals surface area (Å²) < 4.78 is 13.9. The Labute approximate surface area is 317 Å². The Balaban J connectivity index is 0.00000409. The van der Waals surface area contributed by atoms with Crippen LogP contribution in [0, 0.1) is 10.8 Å². The van der Waals surface area contributed by atoms with Crippen LogP contribution in [0.25, 0.3) is 0 Å². The first-order valence-electron chi connectivity index (χ1n) is 15.2. The number of halogens is 2. The molecule has 0 aliphatic carbocycles. The zero-order valence-corrected chi connectivity index (χ0v) is 37.5. The number of hydroxylamine groups is 2. The minimum Gasteiger partial charge on any atom is -0.464 e. The molecule has 276 valence electrons. The lowest BCUT2D eigenvalue weighted by atomic mass is 9.83. The summed E-state index contributed by atoms with van der Waals surface area (Å²) in [6, 6.07) is 1.15. The quantitative estimate of drug-likeness (QED) is 0.0241. The highest BCUT2D eigenvalue weighted by atomic mass is 79.9. The van der Waals surface area contributed by atoms with Crippen molar-refractivity contribution in [1.82, 2.24) is 5.06 Å². The van der Waals surface area contributed by atoms with E-state index in [1.54, 1.807) is 55.4 Å². The summed E-state index contributed by atoms with van der Waals surface area (Å²) in [5.74, 6) is -2.45. The minimum atomic E-state index is -1.35. The number of hydrogen-bond acceptors (Lipinski definition) is 12. The van der Waals surface area contributed by atoms with Crippen molar-refractivity contribution in [1.29, 1.82) is 0 Å². The van der Waals surface area contributed by atoms with Crippen LogP contribution in [-0.2, 0) is 47.8 Å². The SMILES string of the molecule is CC(C)(C)OC(=O)C(C)(Br)CC(C)(C)C(=O)OCCSSCCOC(=O)C(C)(C)CC(C)(Br)C(=O)ON1C(=O)CCC1=O.PCB(P)P. The van der Waals surface area contributed by atoms with E-state index in [0.29, 0.717) is 22.7 Å². The highest BCUT2D eigenvalue weighted by molar-refractivity contribution is 9.10. The fraction of sp³-hybridized carbons (Fsp3) is 0.793. The molecule has 5 atom stereocenters. The van der Waals surface area contributed by atoms with Gasteiger partial charge in [0.25, 0.3) is 11.8 Å². The van der Waals surface area contributed by atoms with Gasteiger partial charge >= 0.3 is 23.9 Å². The van der Waals surface area contributed by atoms with Gasteiger partial charge in [-0.05, 0) is 75.2 Å². The van der Waals surface area contributed by atoms with Gasteiger partial charge in [0.05, 0.1) is 10.8 Å². The predicted molar refractivity (Wildman–Crippen MR) is 211 cm³/mol. The average Bonchev–Trinajstić information content (AvgIpc) is 3.24. The molecule has 2 amide bonds. The first-order chi connectivity index (χ1) is 21.7. The molecule has 1 saturated heterocycles. The van der Waals surface area contributed by atoms with Crippen molar-refractivity contribution in [3.05, 3.63) is 0 Å². The average molecular weight is 901 g/mol. The van der Waals surface area contributed by atoms with Gasteiger partial charge in [-0.2, -0.15) is 18.2 Å². The van der Waals surface area contributed by atoms with E-state index in [9.17, 15) is 28.8 Å². The lowest BCUT2D eigenvalue weighted by molar-refractivity contribution is -0.199. The van der Waals surface area contributed by atoms with E-state index >= 15 is 0 Å². The minimum absolute atomic E-state index is 0.0104. The smallest absolute Gasteiger partial charge is 0.349 e. The Kier molecular flexibility index (Phi) is 20.9. The Morgan fingerprint density at radius 1 is 0.729 bits per heavy atom. The molecule has 5 unspecified atom stereocenters. The van der Waals surface area contributed by atoms with Crippen molar-refractivity contribution in [3.8, 4) is 0 Å². The lowest BCUT2D eigenvalue weighted by Crippen LogP contribution is -2.43. The summed E-state index contributed by atoms with van der Waals surface area (Å²) >= 11 is 6.68. The number of amides is 2. The van der Waals surface area contributed by atoms with E-state index in [0.717, 1.165) is 6.06 Å². The van der Waals surface area contributed by atoms with E-state index in [-0.39, 0.29) is 38.9 Å². The number of esters is 3. The van der Waals surface area contributed by atoms with E-state index in [2.05, 4.69) is 59.3 Å². The maximum atomic E-state index is 12.7. The van der Waals surface area contributed by atoms with Gasteiger partial charge in [-0.3, -0.25) is 24.0 Å². The van der Waals surface area contributed by atoms with E-state index in [1.165, 1.54) is 28.5 Å². The molecule has 0 saturated carbocycles. The number of carbonyl (C=O) groups excluding carboxylic acids is 6. The number of imide groups is 1. The number of rotatable bonds is 17. The standard InChI is InChI=1S/C28H43Br2NO10S2.CH8BP3/c1-24(2,3)40-22(36)27(8,29)16-25(4,5)20(34)38-12-14-42-43-15-13-39-21(35)26(6,7)17-28(9,30)23(37)41-31-18(32)10-11-19(31)33;3-1-2(4)5/h10-17H2,1-9H3;1,3-5H2. The van der Waals surface area contributed by atoms with Crippen LogP contribution in [0.1, 0.15) is 88.0 Å². The maximum absolute atomic E-state index is 12.7. The molecule has 48 heavy (non-hydrogen) atoms. The molecule has 1 aliphatic rings. The Bertz CT molecular complexity index is 1140. The number of ether oxygens (including phenoxy) is 3. The molecule has 0 aromatic heterocycles. The fourth-order valence-electron chi connectivity index (χ4n) is 4.01. The monoisotopic (exact) mass is 899 g/mol. The molecule has 0 radical (unpaired) electrons. The number of carbonyl (C=O) groups is 6. The molecule has 1 aliphatic heterocycles. The van der Waals surface area contributed by atoms with Gasteiger partial charge in [-0.25, -0.2) is 4.79 Å². The number of nitrogens with zero attached hydrogens (tertiary/aromatic N) is 1. The first kappa shape index (κ1) is 48.0. The second kappa shape index (κ2) is 20.9. The van der Waals surface area contributed by atoms with Crippen molar-refractivity contribution in [2.45, 2.75) is 102 Å². The van der Waals surface area contributed by atoms with E-state index < -0.39 is 60.8 Å². The number of alkyl halides is 2. The Morgan fingerprint density at radius 2 is 1.08 bits per heavy atom. The van der Waals surface area contributed by atoms with E-state index in [4.69, 9.17) is 19.0 Å². The Hall–Kier alpha value is 0.0349. The second-order valence-corrected chi connectivity index (χ2v) is 23.0. The van der Waals surface area contributed by atoms with Crippen LogP contribution in [0.2, 0.25) is 0 Å². The summed E-state index contributed by atoms with van der Waals surface area (Å²) in [5.41, 5.74) is -2.66. The van der Waals surface area contributed by atoms with Gasteiger partial charge < -0.3 is 19.0 Å². The molecule has 1 fully saturated rings. The van der Waals surface area contributed by atoms with Gasteiger partial charge in [0, 0.05) is 24.3 Å². The van der Waals surface area contributed by atoms with Crippen molar-refractivity contribution in [2.75, 3.05) is 30.8 Å². The second-order valence-electron chi connectivity index (χ2n) is 13.8. The topological polar surface area (TPSA) is 143 Å². The fourth-order valence-corrected chi connectivity index (χ4v) is 7.22. The molecule has 11 nitrogen and oxygen atoms in total. The predicted octanol–water partition coefficient (Wildman–Crippen LogP) is 6.18. The van der Waals surface area contributed by atoms with E-state index in [1.807, 2.05) is 0 Å². The maximum Gasteiger partial charge on any atom is 0.349 e. The molecule has 0 aromatic rings. The summed E-state index contributed by atoms with van der Waals surface area (Å²) in [7, 11) is 10.9. The summed E-state index contributed by atoms with van der Waals surface area (Å²) in [4.78, 5) is 79.0. The zero-order chi connectivity index (χ0) is 37.7. The third kappa shape index (κ3) is 18.5. The third-order valence-corrected chi connectivity index (χ3v) is 12.0. The van der Waals surface area contributed by atoms with Crippen LogP contribution < -0.4 is 0 Å². The lowest BCUT2D eigenvalue weighted by Gasteiger charge is -2.32. The highest BCUT2D eigenvalue weighted by Crippen LogP contribution is 2.38. The highest BCUT2D eigenvalue weighted by Gasteiger charge is 2.46. The molecule has 19 heteroatoms. The van der Waals surface area contributed by atoms with Crippen LogP contribution in [0.5, 0.6) is 0 Å². The van der Waals surface area contributed by atoms with Crippen LogP contribution in [0.4, 0.5) is 0 Å². The zero-order valence-electron chi connectivity index (χ0n) is 29.3. The van der Waals surface area contributed by atoms with Crippen LogP contribution >= 0.6 is 80.9 Å². The van der Waals surface area contributed by atoms with Gasteiger partial charge in [-0.1, -0.05) is 59.5 Å². The molecule has 0 bridgehead atoms. The molecular weight excluding hydrogens is 850 g/mol. The van der Waals surface area contributed by atoms with Crippen LogP contribution in [-0.4, -0.2) is 91.9 Å². The van der Waals surface area contributed by atoms with Crippen LogP contribution in [0.15, 0.2) is 0 Å². The third-order valence-electron chi connectivity index (χ3n) is 6.24. The number of hydrogen-bond donors (Lipinski definition) is 0. The molecule has 1 rings (SSSR count). The van der Waals surface area contributed by atoms with Crippen molar-refractivity contribution >= 4 is 123 Å². The summed E-state index contributed by atoms with van der Waals surface area (Å²) in [6.45, 7) is 15.5. The van der Waals surface area contributed by atoms with Crippen LogP contribution in [0.3, 0.4) is 0 Å². The summed E-state index contributed by atoms with van der Waals surface area (Å²) in [6.07, 6.45) is 0.821. The van der Waals surface area contributed by atoms with Crippen molar-refractivity contribution in [2.24, 2.45) is 10.8 Å². The Morgan fingerprint density at radius 3 is 1.42 bits per heavy atom. The molecule has 0 N–H and O–H groups in total. The summed E-state index contributed by atoms with van der Waals surface area (Å²) in [5, 5.41) is 0.468.